The highest BCUT2D eigenvalue weighted by Gasteiger charge is 2.07. The quantitative estimate of drug-likeness (QED) is 0.721. The maximum absolute atomic E-state index is 12.2. The summed E-state index contributed by atoms with van der Waals surface area (Å²) in [5, 5.41) is 6.10. The van der Waals surface area contributed by atoms with E-state index in [9.17, 15) is 4.79 Å². The summed E-state index contributed by atoms with van der Waals surface area (Å²) < 4.78 is 0. The molecule has 1 amide bonds. The van der Waals surface area contributed by atoms with Crippen LogP contribution in [-0.4, -0.2) is 10.9 Å². The van der Waals surface area contributed by atoms with Crippen molar-refractivity contribution in [3.05, 3.63) is 84.2 Å². The van der Waals surface area contributed by atoms with Crippen molar-refractivity contribution in [3.63, 3.8) is 0 Å². The minimum Gasteiger partial charge on any atom is -0.354 e. The van der Waals surface area contributed by atoms with Crippen molar-refractivity contribution in [2.75, 3.05) is 10.6 Å². The maximum atomic E-state index is 12.2. The molecule has 0 spiro atoms. The van der Waals surface area contributed by atoms with Crippen LogP contribution in [0, 0.1) is 0 Å². The van der Waals surface area contributed by atoms with Crippen molar-refractivity contribution in [2.45, 2.75) is 13.3 Å². The first kappa shape index (κ1) is 15.7. The van der Waals surface area contributed by atoms with Gasteiger partial charge in [-0.2, -0.15) is 0 Å². The van der Waals surface area contributed by atoms with E-state index < -0.39 is 0 Å². The zero-order valence-corrected chi connectivity index (χ0v) is 13.5. The molecule has 0 radical (unpaired) electrons. The number of amides is 1. The Bertz CT molecular complexity index is 797. The van der Waals surface area contributed by atoms with Crippen LogP contribution >= 0.6 is 0 Å². The Morgan fingerprint density at radius 1 is 0.875 bits per heavy atom. The molecule has 0 saturated heterocycles. The molecule has 120 valence electrons. The van der Waals surface area contributed by atoms with Crippen LogP contribution < -0.4 is 10.6 Å². The molecule has 4 nitrogen and oxygen atoms in total. The molecule has 0 bridgehead atoms. The number of nitrogens with zero attached hydrogens (tertiary/aromatic N) is 1. The van der Waals surface area contributed by atoms with Gasteiger partial charge in [-0.25, -0.2) is 4.98 Å². The molecule has 3 rings (SSSR count). The van der Waals surface area contributed by atoms with Crippen LogP contribution in [0.4, 0.5) is 17.1 Å². The van der Waals surface area contributed by atoms with Gasteiger partial charge in [-0.05, 0) is 48.4 Å². The molecule has 2 N–H and O–H groups in total. The van der Waals surface area contributed by atoms with Gasteiger partial charge in [0, 0.05) is 11.4 Å². The van der Waals surface area contributed by atoms with E-state index in [1.165, 1.54) is 5.56 Å². The van der Waals surface area contributed by atoms with Gasteiger partial charge in [0.25, 0.3) is 5.91 Å². The molecule has 0 aliphatic heterocycles. The van der Waals surface area contributed by atoms with Gasteiger partial charge < -0.3 is 10.6 Å². The number of nitrogens with one attached hydrogen (secondary N) is 2. The molecule has 0 aliphatic carbocycles. The summed E-state index contributed by atoms with van der Waals surface area (Å²) in [5.74, 6) is -0.222. The number of aromatic nitrogens is 1. The van der Waals surface area contributed by atoms with Gasteiger partial charge in [0.2, 0.25) is 0 Å². The third kappa shape index (κ3) is 3.98. The Kier molecular flexibility index (Phi) is 4.87. The number of benzene rings is 2. The lowest BCUT2D eigenvalue weighted by Gasteiger charge is -2.08. The highest BCUT2D eigenvalue weighted by Crippen LogP contribution is 2.17. The average Bonchev–Trinajstić information content (AvgIpc) is 2.64. The molecule has 4 heteroatoms. The van der Waals surface area contributed by atoms with Gasteiger partial charge in [0.1, 0.15) is 5.69 Å². The summed E-state index contributed by atoms with van der Waals surface area (Å²) in [5.41, 5.74) is 4.27. The highest BCUT2D eigenvalue weighted by atomic mass is 16.1. The van der Waals surface area contributed by atoms with Crippen LogP contribution in [0.3, 0.4) is 0 Å². The van der Waals surface area contributed by atoms with E-state index in [0.717, 1.165) is 23.5 Å². The summed E-state index contributed by atoms with van der Waals surface area (Å²) in [4.78, 5) is 16.4. The predicted molar refractivity (Wildman–Crippen MR) is 97.7 cm³/mol. The fourth-order valence-electron chi connectivity index (χ4n) is 2.31. The van der Waals surface area contributed by atoms with Crippen LogP contribution in [0.15, 0.2) is 72.9 Å². The van der Waals surface area contributed by atoms with Crippen LogP contribution in [0.2, 0.25) is 0 Å². The fourth-order valence-corrected chi connectivity index (χ4v) is 2.31. The number of pyridine rings is 1. The lowest BCUT2D eigenvalue weighted by molar-refractivity contribution is 0.102. The second kappa shape index (κ2) is 7.42. The Labute approximate surface area is 141 Å². The molecule has 0 fully saturated rings. The van der Waals surface area contributed by atoms with Gasteiger partial charge >= 0.3 is 0 Å². The zero-order valence-electron chi connectivity index (χ0n) is 13.5. The number of para-hydroxylation sites is 1. The van der Waals surface area contributed by atoms with Crippen molar-refractivity contribution in [1.82, 2.24) is 4.98 Å². The number of aryl methyl sites for hydroxylation is 1. The Morgan fingerprint density at radius 3 is 2.21 bits per heavy atom. The predicted octanol–water partition coefficient (Wildman–Crippen LogP) is 4.64. The number of carbonyl (C=O) groups excluding carboxylic acids is 1. The third-order valence-electron chi connectivity index (χ3n) is 3.68. The second-order valence-electron chi connectivity index (χ2n) is 5.43. The zero-order chi connectivity index (χ0) is 16.8. The van der Waals surface area contributed by atoms with Crippen LogP contribution in [-0.2, 0) is 6.42 Å². The average molecular weight is 317 g/mol. The van der Waals surface area contributed by atoms with Gasteiger partial charge in [-0.1, -0.05) is 37.3 Å². The summed E-state index contributed by atoms with van der Waals surface area (Å²) in [6.45, 7) is 2.13. The molecule has 3 aromatic rings. The van der Waals surface area contributed by atoms with E-state index in [1.807, 2.05) is 48.5 Å². The standard InChI is InChI=1S/C20H19N3O/c1-2-15-8-10-17(11-9-15)22-18-12-13-19(21-14-18)20(24)23-16-6-4-3-5-7-16/h3-14,22H,2H2,1H3,(H,23,24). The van der Waals surface area contributed by atoms with E-state index in [-0.39, 0.29) is 5.91 Å². The largest absolute Gasteiger partial charge is 0.354 e. The molecular weight excluding hydrogens is 298 g/mol. The smallest absolute Gasteiger partial charge is 0.274 e. The van der Waals surface area contributed by atoms with E-state index in [0.29, 0.717) is 5.69 Å². The Morgan fingerprint density at radius 2 is 1.58 bits per heavy atom. The first-order valence-electron chi connectivity index (χ1n) is 7.93. The van der Waals surface area contributed by atoms with Crippen molar-refractivity contribution >= 4 is 23.0 Å². The molecule has 0 aliphatic rings. The monoisotopic (exact) mass is 317 g/mol. The molecule has 1 heterocycles. The van der Waals surface area contributed by atoms with E-state index in [4.69, 9.17) is 0 Å². The first-order valence-corrected chi connectivity index (χ1v) is 7.93. The summed E-state index contributed by atoms with van der Waals surface area (Å²) in [6, 6.07) is 21.2. The number of hydrogen-bond acceptors (Lipinski definition) is 3. The Balaban J connectivity index is 1.65. The summed E-state index contributed by atoms with van der Waals surface area (Å²) in [7, 11) is 0. The molecular formula is C20H19N3O. The van der Waals surface area contributed by atoms with Gasteiger partial charge in [0.15, 0.2) is 0 Å². The van der Waals surface area contributed by atoms with E-state index >= 15 is 0 Å². The minimum atomic E-state index is -0.222. The Hall–Kier alpha value is -3.14. The number of hydrogen-bond donors (Lipinski definition) is 2. The van der Waals surface area contributed by atoms with E-state index in [1.54, 1.807) is 12.3 Å². The van der Waals surface area contributed by atoms with Crippen molar-refractivity contribution in [2.24, 2.45) is 0 Å². The van der Waals surface area contributed by atoms with Crippen LogP contribution in [0.5, 0.6) is 0 Å². The first-order chi connectivity index (χ1) is 11.7. The third-order valence-corrected chi connectivity index (χ3v) is 3.68. The number of rotatable bonds is 5. The lowest BCUT2D eigenvalue weighted by Crippen LogP contribution is -2.13. The molecule has 24 heavy (non-hydrogen) atoms. The maximum Gasteiger partial charge on any atom is 0.274 e. The van der Waals surface area contributed by atoms with Crippen molar-refractivity contribution in [3.8, 4) is 0 Å². The molecule has 0 saturated carbocycles. The molecule has 2 aromatic carbocycles. The SMILES string of the molecule is CCc1ccc(Nc2ccc(C(=O)Nc3ccccc3)nc2)cc1. The topological polar surface area (TPSA) is 54.0 Å². The lowest BCUT2D eigenvalue weighted by atomic mass is 10.1. The van der Waals surface area contributed by atoms with Gasteiger partial charge in [-0.15, -0.1) is 0 Å². The minimum absolute atomic E-state index is 0.222. The summed E-state index contributed by atoms with van der Waals surface area (Å²) in [6.07, 6.45) is 2.68. The van der Waals surface area contributed by atoms with Crippen LogP contribution in [0.1, 0.15) is 23.0 Å². The molecule has 0 atom stereocenters. The normalized spacial score (nSPS) is 10.2. The molecule has 1 aromatic heterocycles. The van der Waals surface area contributed by atoms with Gasteiger partial charge in [0.05, 0.1) is 11.9 Å². The van der Waals surface area contributed by atoms with Gasteiger partial charge in [-0.3, -0.25) is 4.79 Å². The van der Waals surface area contributed by atoms with Crippen molar-refractivity contribution < 1.29 is 4.79 Å². The second-order valence-corrected chi connectivity index (χ2v) is 5.43. The van der Waals surface area contributed by atoms with E-state index in [2.05, 4.69) is 34.7 Å². The number of anilines is 3. The highest BCUT2D eigenvalue weighted by molar-refractivity contribution is 6.02. The summed E-state index contributed by atoms with van der Waals surface area (Å²) >= 11 is 0. The van der Waals surface area contributed by atoms with Crippen LogP contribution in [0.25, 0.3) is 0 Å². The number of carbonyl (C=O) groups is 1. The van der Waals surface area contributed by atoms with Crippen molar-refractivity contribution in [1.29, 1.82) is 0 Å². The fraction of sp³-hybridized carbons (Fsp3) is 0.100. The molecule has 0 unspecified atom stereocenters.